The summed E-state index contributed by atoms with van der Waals surface area (Å²) < 4.78 is 0. The minimum atomic E-state index is -0.251. The highest BCUT2D eigenvalue weighted by atomic mass is 16.2. The molecule has 2 amide bonds. The molecule has 138 valence electrons. The summed E-state index contributed by atoms with van der Waals surface area (Å²) in [6.45, 7) is 2.98. The number of benzene rings is 1. The van der Waals surface area contributed by atoms with Gasteiger partial charge in [-0.2, -0.15) is 0 Å². The molecule has 0 bridgehead atoms. The second-order valence-corrected chi connectivity index (χ2v) is 5.82. The highest BCUT2D eigenvalue weighted by Gasteiger charge is 2.02. The Balaban J connectivity index is 1.39. The van der Waals surface area contributed by atoms with Gasteiger partial charge in [-0.1, -0.05) is 18.2 Å². The lowest BCUT2D eigenvalue weighted by Gasteiger charge is -2.09. The summed E-state index contributed by atoms with van der Waals surface area (Å²) in [5.74, 6) is 1.96. The van der Waals surface area contributed by atoms with Crippen LogP contribution in [0.2, 0.25) is 0 Å². The monoisotopic (exact) mass is 363 g/mol. The van der Waals surface area contributed by atoms with E-state index in [2.05, 4.69) is 36.4 Å². The van der Waals surface area contributed by atoms with Gasteiger partial charge in [0, 0.05) is 25.0 Å². The second kappa shape index (κ2) is 9.14. The molecule has 0 aliphatic rings. The Morgan fingerprint density at radius 2 is 1.70 bits per heavy atom. The largest absolute Gasteiger partial charge is 0.367 e. The van der Waals surface area contributed by atoms with Crippen molar-refractivity contribution < 1.29 is 4.79 Å². The Bertz CT molecular complexity index is 869. The van der Waals surface area contributed by atoms with E-state index in [4.69, 9.17) is 0 Å². The van der Waals surface area contributed by atoms with Gasteiger partial charge < -0.3 is 21.3 Å². The van der Waals surface area contributed by atoms with Gasteiger partial charge in [-0.3, -0.25) is 0 Å². The van der Waals surface area contributed by atoms with Crippen LogP contribution in [-0.2, 0) is 0 Å². The number of amides is 2. The van der Waals surface area contributed by atoms with Crippen LogP contribution in [0.3, 0.4) is 0 Å². The molecule has 1 aromatic carbocycles. The number of aromatic nitrogens is 3. The number of urea groups is 1. The lowest BCUT2D eigenvalue weighted by atomic mass is 10.3. The maximum Gasteiger partial charge on any atom is 0.319 e. The molecule has 27 heavy (non-hydrogen) atoms. The van der Waals surface area contributed by atoms with Crippen LogP contribution in [0.5, 0.6) is 0 Å². The molecule has 0 aliphatic heterocycles. The molecule has 0 aliphatic carbocycles. The van der Waals surface area contributed by atoms with Crippen molar-refractivity contribution >= 4 is 29.2 Å². The lowest BCUT2D eigenvalue weighted by Crippen LogP contribution is -2.32. The number of aryl methyl sites for hydroxylation is 1. The predicted molar refractivity (Wildman–Crippen MR) is 106 cm³/mol. The molecule has 0 radical (unpaired) electrons. The Kier molecular flexibility index (Phi) is 6.13. The minimum absolute atomic E-state index is 0.251. The van der Waals surface area contributed by atoms with Crippen LogP contribution >= 0.6 is 0 Å². The number of carbonyl (C=O) groups is 1. The zero-order chi connectivity index (χ0) is 18.9. The average Bonchev–Trinajstić information content (AvgIpc) is 2.67. The maximum absolute atomic E-state index is 11.8. The van der Waals surface area contributed by atoms with Gasteiger partial charge in [0.1, 0.15) is 11.6 Å². The summed E-state index contributed by atoms with van der Waals surface area (Å²) in [6, 6.07) is 16.5. The van der Waals surface area contributed by atoms with Gasteiger partial charge in [0.2, 0.25) is 0 Å². The molecule has 0 saturated carbocycles. The van der Waals surface area contributed by atoms with Gasteiger partial charge in [-0.25, -0.2) is 9.78 Å². The number of carbonyl (C=O) groups excluding carboxylic acids is 1. The third-order valence-corrected chi connectivity index (χ3v) is 3.58. The van der Waals surface area contributed by atoms with E-state index in [1.807, 2.05) is 61.5 Å². The average molecular weight is 363 g/mol. The van der Waals surface area contributed by atoms with Crippen LogP contribution in [0.25, 0.3) is 0 Å². The first-order valence-corrected chi connectivity index (χ1v) is 8.56. The molecule has 8 heteroatoms. The quantitative estimate of drug-likeness (QED) is 0.481. The van der Waals surface area contributed by atoms with Crippen LogP contribution in [0.15, 0.2) is 60.8 Å². The van der Waals surface area contributed by atoms with E-state index >= 15 is 0 Å². The van der Waals surface area contributed by atoms with Crippen LogP contribution < -0.4 is 21.3 Å². The molecular formula is C19H21N7O. The number of hydrogen-bond donors (Lipinski definition) is 4. The number of anilines is 4. The molecule has 3 aromatic rings. The molecule has 0 fully saturated rings. The first kappa shape index (κ1) is 18.1. The van der Waals surface area contributed by atoms with Gasteiger partial charge in [0.05, 0.1) is 0 Å². The molecule has 0 saturated heterocycles. The minimum Gasteiger partial charge on any atom is -0.367 e. The Labute approximate surface area is 157 Å². The SMILES string of the molecule is Cc1ccnc(Nc2ccc(NCCNC(=O)Nc3ccccc3)nn2)c1. The summed E-state index contributed by atoms with van der Waals surface area (Å²) in [6.07, 6.45) is 1.74. The number of rotatable bonds is 7. The zero-order valence-corrected chi connectivity index (χ0v) is 14.9. The van der Waals surface area contributed by atoms with Gasteiger partial charge >= 0.3 is 6.03 Å². The van der Waals surface area contributed by atoms with Crippen molar-refractivity contribution in [1.82, 2.24) is 20.5 Å². The van der Waals surface area contributed by atoms with E-state index in [0.717, 1.165) is 17.1 Å². The normalized spacial score (nSPS) is 10.1. The topological polar surface area (TPSA) is 104 Å². The van der Waals surface area contributed by atoms with Crippen molar-refractivity contribution in [3.63, 3.8) is 0 Å². The number of hydrogen-bond acceptors (Lipinski definition) is 6. The van der Waals surface area contributed by atoms with Crippen LogP contribution in [-0.4, -0.2) is 34.3 Å². The van der Waals surface area contributed by atoms with Crippen molar-refractivity contribution in [2.45, 2.75) is 6.92 Å². The van der Waals surface area contributed by atoms with E-state index in [9.17, 15) is 4.79 Å². The summed E-state index contributed by atoms with van der Waals surface area (Å²) in [5.41, 5.74) is 1.86. The van der Waals surface area contributed by atoms with E-state index in [-0.39, 0.29) is 6.03 Å². The first-order valence-electron chi connectivity index (χ1n) is 8.56. The Hall–Kier alpha value is -3.68. The van der Waals surface area contributed by atoms with Crippen LogP contribution in [0.1, 0.15) is 5.56 Å². The van der Waals surface area contributed by atoms with Gasteiger partial charge in [0.15, 0.2) is 5.82 Å². The van der Waals surface area contributed by atoms with E-state index < -0.39 is 0 Å². The van der Waals surface area contributed by atoms with E-state index in [1.165, 1.54) is 0 Å². The fourth-order valence-corrected chi connectivity index (χ4v) is 2.29. The summed E-state index contributed by atoms with van der Waals surface area (Å²) in [5, 5.41) is 19.9. The summed E-state index contributed by atoms with van der Waals surface area (Å²) in [7, 11) is 0. The van der Waals surface area contributed by atoms with Crippen molar-refractivity contribution in [2.75, 3.05) is 29.0 Å². The van der Waals surface area contributed by atoms with Gasteiger partial charge in [0.25, 0.3) is 0 Å². The number of nitrogens with one attached hydrogen (secondary N) is 4. The lowest BCUT2D eigenvalue weighted by molar-refractivity contribution is 0.252. The highest BCUT2D eigenvalue weighted by Crippen LogP contribution is 2.13. The Morgan fingerprint density at radius 3 is 2.44 bits per heavy atom. The fraction of sp³-hybridized carbons (Fsp3) is 0.158. The van der Waals surface area contributed by atoms with Crippen LogP contribution in [0, 0.1) is 6.92 Å². The molecule has 0 atom stereocenters. The molecular weight excluding hydrogens is 342 g/mol. The van der Waals surface area contributed by atoms with Gasteiger partial charge in [-0.05, 0) is 48.9 Å². The zero-order valence-electron chi connectivity index (χ0n) is 14.9. The summed E-state index contributed by atoms with van der Waals surface area (Å²) in [4.78, 5) is 16.0. The smallest absolute Gasteiger partial charge is 0.319 e. The standard InChI is InChI=1S/C19H21N7O/c1-14-9-10-20-18(13-14)24-17-8-7-16(25-26-17)21-11-12-22-19(27)23-15-5-3-2-4-6-15/h2-10,13H,11-12H2,1H3,(H,21,25)(H,20,24,26)(H2,22,23,27). The third kappa shape index (κ3) is 5.96. The van der Waals surface area contributed by atoms with Crippen molar-refractivity contribution in [3.8, 4) is 0 Å². The fourth-order valence-electron chi connectivity index (χ4n) is 2.29. The number of nitrogens with zero attached hydrogens (tertiary/aromatic N) is 3. The molecule has 4 N–H and O–H groups in total. The van der Waals surface area contributed by atoms with Crippen molar-refractivity contribution in [3.05, 3.63) is 66.4 Å². The third-order valence-electron chi connectivity index (χ3n) is 3.58. The highest BCUT2D eigenvalue weighted by molar-refractivity contribution is 5.89. The van der Waals surface area contributed by atoms with E-state index in [0.29, 0.717) is 24.7 Å². The number of para-hydroxylation sites is 1. The molecule has 0 unspecified atom stereocenters. The van der Waals surface area contributed by atoms with Crippen LogP contribution in [0.4, 0.5) is 27.9 Å². The van der Waals surface area contributed by atoms with Crippen molar-refractivity contribution in [2.24, 2.45) is 0 Å². The molecule has 2 aromatic heterocycles. The van der Waals surface area contributed by atoms with Crippen molar-refractivity contribution in [1.29, 1.82) is 0 Å². The summed E-state index contributed by atoms with van der Waals surface area (Å²) >= 11 is 0. The molecule has 2 heterocycles. The van der Waals surface area contributed by atoms with Gasteiger partial charge in [-0.15, -0.1) is 10.2 Å². The predicted octanol–water partition coefficient (Wildman–Crippen LogP) is 3.16. The number of pyridine rings is 1. The molecule has 0 spiro atoms. The molecule has 3 rings (SSSR count). The Morgan fingerprint density at radius 1 is 0.926 bits per heavy atom. The maximum atomic E-state index is 11.8. The first-order chi connectivity index (χ1) is 13.2. The van der Waals surface area contributed by atoms with E-state index in [1.54, 1.807) is 6.20 Å². The molecule has 8 nitrogen and oxygen atoms in total. The second-order valence-electron chi connectivity index (χ2n) is 5.82.